The highest BCUT2D eigenvalue weighted by molar-refractivity contribution is 5.20. The van der Waals surface area contributed by atoms with Crippen LogP contribution >= 0.6 is 0 Å². The van der Waals surface area contributed by atoms with Crippen molar-refractivity contribution in [1.29, 1.82) is 0 Å². The topological polar surface area (TPSA) is 0 Å². The second-order valence-electron chi connectivity index (χ2n) is 7.86. The zero-order valence-corrected chi connectivity index (χ0v) is 10.3. The molecular weight excluding hydrogens is 192 g/mol. The Morgan fingerprint density at radius 1 is 0.688 bits per heavy atom. The van der Waals surface area contributed by atoms with E-state index in [1.54, 1.807) is 57.8 Å². The molecule has 0 heteroatoms. The molecule has 0 aromatic rings. The highest BCUT2D eigenvalue weighted by Crippen LogP contribution is 2.79. The first kappa shape index (κ1) is 9.00. The Bertz CT molecular complexity index is 327. The van der Waals surface area contributed by atoms with Crippen LogP contribution in [0.3, 0.4) is 0 Å². The predicted molar refractivity (Wildman–Crippen MR) is 64.9 cm³/mol. The van der Waals surface area contributed by atoms with Crippen LogP contribution in [-0.4, -0.2) is 0 Å². The first-order chi connectivity index (χ1) is 7.87. The molecule has 0 aromatic carbocycles. The summed E-state index contributed by atoms with van der Waals surface area (Å²) >= 11 is 0. The molecule has 5 saturated carbocycles. The normalized spacial score (nSPS) is 62.6. The maximum atomic E-state index is 1.68. The molecule has 6 unspecified atom stereocenters. The van der Waals surface area contributed by atoms with E-state index in [-0.39, 0.29) is 0 Å². The van der Waals surface area contributed by atoms with Crippen LogP contribution in [0.1, 0.15) is 57.8 Å². The molecule has 16 heavy (non-hydrogen) atoms. The van der Waals surface area contributed by atoms with Crippen LogP contribution in [0.15, 0.2) is 0 Å². The van der Waals surface area contributed by atoms with E-state index in [1.807, 2.05) is 0 Å². The molecule has 0 amide bonds. The van der Waals surface area contributed by atoms with Gasteiger partial charge in [-0.05, 0) is 79.4 Å². The molecule has 5 aliphatic rings. The maximum absolute atomic E-state index is 1.68. The Hall–Kier alpha value is 0. The van der Waals surface area contributed by atoms with Crippen molar-refractivity contribution in [1.82, 2.24) is 0 Å². The predicted octanol–water partition coefficient (Wildman–Crippen LogP) is 4.25. The van der Waals surface area contributed by atoms with E-state index in [9.17, 15) is 0 Å². The van der Waals surface area contributed by atoms with Crippen molar-refractivity contribution in [3.63, 3.8) is 0 Å². The van der Waals surface area contributed by atoms with Gasteiger partial charge in [-0.15, -0.1) is 0 Å². The fraction of sp³-hybridized carbons (Fsp3) is 1.00. The monoisotopic (exact) mass is 216 g/mol. The molecule has 6 atom stereocenters. The highest BCUT2D eigenvalue weighted by atomic mass is 14.8. The van der Waals surface area contributed by atoms with E-state index < -0.39 is 0 Å². The van der Waals surface area contributed by atoms with Crippen molar-refractivity contribution >= 4 is 0 Å². The number of rotatable bonds is 2. The van der Waals surface area contributed by atoms with Crippen LogP contribution < -0.4 is 0 Å². The van der Waals surface area contributed by atoms with Gasteiger partial charge in [0.05, 0.1) is 0 Å². The number of hydrogen-bond donors (Lipinski definition) is 0. The minimum Gasteiger partial charge on any atom is -0.0528 e. The van der Waals surface area contributed by atoms with Gasteiger partial charge >= 0.3 is 0 Å². The maximum Gasteiger partial charge on any atom is -0.0235 e. The Labute approximate surface area is 99.2 Å². The molecule has 0 bridgehead atoms. The van der Waals surface area contributed by atoms with Gasteiger partial charge in [0.25, 0.3) is 0 Å². The lowest BCUT2D eigenvalue weighted by Gasteiger charge is -2.48. The fourth-order valence-corrected chi connectivity index (χ4v) is 6.24. The van der Waals surface area contributed by atoms with Crippen molar-refractivity contribution in [3.05, 3.63) is 0 Å². The van der Waals surface area contributed by atoms with E-state index in [0.29, 0.717) is 0 Å². The van der Waals surface area contributed by atoms with E-state index in [4.69, 9.17) is 0 Å². The lowest BCUT2D eigenvalue weighted by Crippen LogP contribution is -2.39. The Balaban J connectivity index is 1.31. The summed E-state index contributed by atoms with van der Waals surface area (Å²) in [7, 11) is 0. The Kier molecular flexibility index (Phi) is 1.52. The first-order valence-electron chi connectivity index (χ1n) is 7.87. The van der Waals surface area contributed by atoms with Gasteiger partial charge in [0, 0.05) is 0 Å². The molecule has 0 aliphatic heterocycles. The lowest BCUT2D eigenvalue weighted by atomic mass is 9.57. The van der Waals surface area contributed by atoms with Gasteiger partial charge < -0.3 is 0 Å². The van der Waals surface area contributed by atoms with Gasteiger partial charge in [-0.1, -0.05) is 19.3 Å². The summed E-state index contributed by atoms with van der Waals surface area (Å²) in [5.41, 5.74) is 0.977. The zero-order chi connectivity index (χ0) is 10.3. The van der Waals surface area contributed by atoms with Crippen molar-refractivity contribution in [2.24, 2.45) is 40.9 Å². The third-order valence-corrected chi connectivity index (χ3v) is 7.64. The standard InChI is InChI=1S/C16H24/c1-2-10(3-1)14-4-5-15(14)11-6-12-7-13-9-16(12,13)8-11/h10-15H,1-9H2. The van der Waals surface area contributed by atoms with Gasteiger partial charge in [-0.2, -0.15) is 0 Å². The highest BCUT2D eigenvalue weighted by Gasteiger charge is 2.71. The SMILES string of the molecule is C1CC(C2CCC2C2CC3CC4CC34C2)C1. The smallest absolute Gasteiger partial charge is 0.0235 e. The molecular formula is C16H24. The summed E-state index contributed by atoms with van der Waals surface area (Å²) in [4.78, 5) is 0. The summed E-state index contributed by atoms with van der Waals surface area (Å²) in [6, 6.07) is 0. The molecule has 0 nitrogen and oxygen atoms in total. The van der Waals surface area contributed by atoms with Crippen molar-refractivity contribution < 1.29 is 0 Å². The second-order valence-corrected chi connectivity index (χ2v) is 7.86. The van der Waals surface area contributed by atoms with Crippen LogP contribution in [0.25, 0.3) is 0 Å². The summed E-state index contributed by atoms with van der Waals surface area (Å²) in [6.07, 6.45) is 14.6. The minimum absolute atomic E-state index is 0.977. The molecule has 5 aliphatic carbocycles. The molecule has 0 heterocycles. The van der Waals surface area contributed by atoms with Crippen molar-refractivity contribution in [2.75, 3.05) is 0 Å². The zero-order valence-electron chi connectivity index (χ0n) is 10.3. The average molecular weight is 216 g/mol. The summed E-state index contributed by atoms with van der Waals surface area (Å²) in [5, 5.41) is 0. The van der Waals surface area contributed by atoms with Crippen molar-refractivity contribution in [3.8, 4) is 0 Å². The second kappa shape index (κ2) is 2.70. The van der Waals surface area contributed by atoms with Gasteiger partial charge in [-0.3, -0.25) is 0 Å². The summed E-state index contributed by atoms with van der Waals surface area (Å²) in [5.74, 6) is 7.22. The largest absolute Gasteiger partial charge is 0.0528 e. The van der Waals surface area contributed by atoms with Crippen LogP contribution in [0.4, 0.5) is 0 Å². The van der Waals surface area contributed by atoms with Crippen LogP contribution in [-0.2, 0) is 0 Å². The molecule has 5 rings (SSSR count). The van der Waals surface area contributed by atoms with Gasteiger partial charge in [0.15, 0.2) is 0 Å². The molecule has 0 aromatic heterocycles. The van der Waals surface area contributed by atoms with Gasteiger partial charge in [0.1, 0.15) is 0 Å². The van der Waals surface area contributed by atoms with Gasteiger partial charge in [0.2, 0.25) is 0 Å². The fourth-order valence-electron chi connectivity index (χ4n) is 6.24. The minimum atomic E-state index is 0.977. The molecule has 88 valence electrons. The summed E-state index contributed by atoms with van der Waals surface area (Å²) < 4.78 is 0. The van der Waals surface area contributed by atoms with Crippen LogP contribution in [0.2, 0.25) is 0 Å². The van der Waals surface area contributed by atoms with E-state index in [0.717, 1.165) is 5.41 Å². The van der Waals surface area contributed by atoms with Gasteiger partial charge in [-0.25, -0.2) is 0 Å². The van der Waals surface area contributed by atoms with E-state index in [1.165, 1.54) is 35.5 Å². The number of hydrogen-bond acceptors (Lipinski definition) is 0. The molecule has 1 spiro atoms. The third-order valence-electron chi connectivity index (χ3n) is 7.64. The summed E-state index contributed by atoms with van der Waals surface area (Å²) in [6.45, 7) is 0. The van der Waals surface area contributed by atoms with Crippen LogP contribution in [0.5, 0.6) is 0 Å². The molecule has 5 fully saturated rings. The molecule has 0 radical (unpaired) electrons. The van der Waals surface area contributed by atoms with Crippen molar-refractivity contribution in [2.45, 2.75) is 57.8 Å². The van der Waals surface area contributed by atoms with Crippen LogP contribution in [0, 0.1) is 40.9 Å². The lowest BCUT2D eigenvalue weighted by molar-refractivity contribution is 0.0172. The van der Waals surface area contributed by atoms with E-state index >= 15 is 0 Å². The Morgan fingerprint density at radius 3 is 2.00 bits per heavy atom. The quantitative estimate of drug-likeness (QED) is 0.647. The first-order valence-corrected chi connectivity index (χ1v) is 7.87. The molecule has 0 N–H and O–H groups in total. The molecule has 0 saturated heterocycles. The Morgan fingerprint density at radius 2 is 1.50 bits per heavy atom. The van der Waals surface area contributed by atoms with E-state index in [2.05, 4.69) is 0 Å². The third kappa shape index (κ3) is 0.910. The average Bonchev–Trinajstić information content (AvgIpc) is 2.57.